The molecule has 0 aliphatic carbocycles. The zero-order valence-electron chi connectivity index (χ0n) is 15.7. The molecule has 6 nitrogen and oxygen atoms in total. The van der Waals surface area contributed by atoms with Gasteiger partial charge in [-0.1, -0.05) is 11.6 Å². The first-order valence-corrected chi connectivity index (χ1v) is 9.08. The molecular weight excluding hydrogens is 475 g/mol. The first kappa shape index (κ1) is 21.6. The number of piperazine rings is 1. The molecule has 2 N–H and O–H groups in total. The summed E-state index contributed by atoms with van der Waals surface area (Å²) in [6.45, 7) is 4.11. The molecule has 0 amide bonds. The van der Waals surface area contributed by atoms with E-state index < -0.39 is 0 Å². The van der Waals surface area contributed by atoms with Gasteiger partial charge in [-0.2, -0.15) is 0 Å². The van der Waals surface area contributed by atoms with Gasteiger partial charge < -0.3 is 20.4 Å². The van der Waals surface area contributed by atoms with Crippen LogP contribution >= 0.6 is 35.6 Å². The Morgan fingerprint density at radius 1 is 1.15 bits per heavy atom. The molecule has 1 aliphatic heterocycles. The number of rotatable bonds is 4. The van der Waals surface area contributed by atoms with E-state index >= 15 is 0 Å². The average Bonchev–Trinajstić information content (AvgIpc) is 2.67. The van der Waals surface area contributed by atoms with Gasteiger partial charge in [0.05, 0.1) is 6.54 Å². The third-order valence-corrected chi connectivity index (χ3v) is 4.74. The van der Waals surface area contributed by atoms with Crippen molar-refractivity contribution in [3.05, 3.63) is 53.2 Å². The third-order valence-electron chi connectivity index (χ3n) is 4.49. The van der Waals surface area contributed by atoms with Crippen LogP contribution in [0.3, 0.4) is 0 Å². The first-order valence-electron chi connectivity index (χ1n) is 8.70. The predicted molar refractivity (Wildman–Crippen MR) is 125 cm³/mol. The van der Waals surface area contributed by atoms with Crippen LogP contribution in [0.4, 0.5) is 11.5 Å². The van der Waals surface area contributed by atoms with E-state index in [1.54, 1.807) is 6.20 Å². The fourth-order valence-corrected chi connectivity index (χ4v) is 3.05. The summed E-state index contributed by atoms with van der Waals surface area (Å²) >= 11 is 5.96. The van der Waals surface area contributed by atoms with E-state index in [4.69, 9.17) is 17.3 Å². The molecule has 3 rings (SSSR count). The fraction of sp³-hybridized carbons (Fsp3) is 0.368. The number of aliphatic imine (C=N–C) groups is 1. The summed E-state index contributed by atoms with van der Waals surface area (Å²) in [7, 11) is 3.95. The first-order chi connectivity index (χ1) is 12.5. The Morgan fingerprint density at radius 3 is 2.44 bits per heavy atom. The lowest BCUT2D eigenvalue weighted by molar-refractivity contribution is 0.380. The van der Waals surface area contributed by atoms with E-state index in [0.717, 1.165) is 42.6 Å². The molecule has 27 heavy (non-hydrogen) atoms. The summed E-state index contributed by atoms with van der Waals surface area (Å²) in [5, 5.41) is 0.761. The summed E-state index contributed by atoms with van der Waals surface area (Å²) in [6.07, 6.45) is 1.81. The third kappa shape index (κ3) is 5.87. The highest BCUT2D eigenvalue weighted by Gasteiger charge is 2.18. The number of hydrogen-bond acceptors (Lipinski definition) is 4. The Morgan fingerprint density at radius 2 is 1.81 bits per heavy atom. The van der Waals surface area contributed by atoms with E-state index in [2.05, 4.69) is 31.9 Å². The van der Waals surface area contributed by atoms with Crippen molar-refractivity contribution in [2.75, 3.05) is 50.1 Å². The van der Waals surface area contributed by atoms with Crippen molar-refractivity contribution in [3.8, 4) is 0 Å². The summed E-state index contributed by atoms with van der Waals surface area (Å²) in [5.74, 6) is 1.52. The Bertz CT molecular complexity index is 757. The maximum absolute atomic E-state index is 6.21. The van der Waals surface area contributed by atoms with Crippen molar-refractivity contribution < 1.29 is 0 Å². The van der Waals surface area contributed by atoms with E-state index in [-0.39, 0.29) is 24.0 Å². The summed E-state index contributed by atoms with van der Waals surface area (Å²) in [5.41, 5.74) is 8.51. The summed E-state index contributed by atoms with van der Waals surface area (Å²) in [4.78, 5) is 15.3. The lowest BCUT2D eigenvalue weighted by atomic mass is 10.2. The number of halogens is 2. The molecule has 8 heteroatoms. The monoisotopic (exact) mass is 500 g/mol. The standard InChI is InChI=1S/C19H25ClN6.HI/c1-24(2)18-13-15(7-8-22-18)14-23-19(21)26-11-9-25(10-12-26)17-5-3-16(20)4-6-17;/h3-8,13H,9-12,14H2,1-2H3,(H2,21,23);1H. The second kappa shape index (κ2) is 9.98. The average molecular weight is 501 g/mol. The molecule has 0 atom stereocenters. The number of guanidine groups is 1. The second-order valence-electron chi connectivity index (χ2n) is 6.54. The zero-order valence-corrected chi connectivity index (χ0v) is 18.8. The van der Waals surface area contributed by atoms with Gasteiger partial charge in [-0.15, -0.1) is 24.0 Å². The second-order valence-corrected chi connectivity index (χ2v) is 6.98. The van der Waals surface area contributed by atoms with Gasteiger partial charge in [0.15, 0.2) is 5.96 Å². The van der Waals surface area contributed by atoms with Gasteiger partial charge in [-0.05, 0) is 42.0 Å². The van der Waals surface area contributed by atoms with Crippen LogP contribution in [-0.4, -0.2) is 56.1 Å². The summed E-state index contributed by atoms with van der Waals surface area (Å²) < 4.78 is 0. The van der Waals surface area contributed by atoms with E-state index in [1.165, 1.54) is 5.69 Å². The van der Waals surface area contributed by atoms with E-state index in [0.29, 0.717) is 12.5 Å². The van der Waals surface area contributed by atoms with Gasteiger partial charge in [0.1, 0.15) is 5.82 Å². The van der Waals surface area contributed by atoms with Crippen molar-refractivity contribution in [2.24, 2.45) is 10.7 Å². The minimum atomic E-state index is 0. The Kier molecular flexibility index (Phi) is 7.97. The van der Waals surface area contributed by atoms with Gasteiger partial charge in [0.25, 0.3) is 0 Å². The number of benzene rings is 1. The van der Waals surface area contributed by atoms with Crippen LogP contribution in [0.25, 0.3) is 0 Å². The lowest BCUT2D eigenvalue weighted by Gasteiger charge is -2.36. The van der Waals surface area contributed by atoms with Gasteiger partial charge in [-0.25, -0.2) is 9.98 Å². The van der Waals surface area contributed by atoms with Gasteiger partial charge >= 0.3 is 0 Å². The number of aromatic nitrogens is 1. The van der Waals surface area contributed by atoms with Crippen LogP contribution in [0.1, 0.15) is 5.56 Å². The number of pyridine rings is 1. The largest absolute Gasteiger partial charge is 0.370 e. The zero-order chi connectivity index (χ0) is 18.5. The molecule has 0 bridgehead atoms. The van der Waals surface area contributed by atoms with Gasteiger partial charge in [0, 0.05) is 57.2 Å². The molecule has 1 aromatic carbocycles. The van der Waals surface area contributed by atoms with Crippen molar-refractivity contribution in [1.82, 2.24) is 9.88 Å². The molecular formula is C19H26ClIN6. The van der Waals surface area contributed by atoms with Crippen molar-refractivity contribution in [2.45, 2.75) is 6.54 Å². The molecule has 1 aliphatic rings. The summed E-state index contributed by atoms with van der Waals surface area (Å²) in [6, 6.07) is 12.0. The highest BCUT2D eigenvalue weighted by molar-refractivity contribution is 14.0. The highest BCUT2D eigenvalue weighted by Crippen LogP contribution is 2.19. The maximum Gasteiger partial charge on any atom is 0.191 e. The molecule has 0 spiro atoms. The number of nitrogens with zero attached hydrogens (tertiary/aromatic N) is 5. The Hall–Kier alpha value is -1.74. The van der Waals surface area contributed by atoms with Crippen molar-refractivity contribution >= 4 is 53.0 Å². The molecule has 1 aromatic heterocycles. The molecule has 0 unspecified atom stereocenters. The van der Waals surface area contributed by atoms with E-state index in [9.17, 15) is 0 Å². The molecule has 146 valence electrons. The van der Waals surface area contributed by atoms with E-state index in [1.807, 2.05) is 43.3 Å². The molecule has 1 fully saturated rings. The molecule has 2 aromatic rings. The van der Waals surface area contributed by atoms with Gasteiger partial charge in [0.2, 0.25) is 0 Å². The van der Waals surface area contributed by atoms with Crippen LogP contribution in [0.15, 0.2) is 47.6 Å². The fourth-order valence-electron chi connectivity index (χ4n) is 2.92. The SMILES string of the molecule is CN(C)c1cc(CN=C(N)N2CCN(c3ccc(Cl)cc3)CC2)ccn1.I. The quantitative estimate of drug-likeness (QED) is 0.397. The van der Waals surface area contributed by atoms with Crippen LogP contribution in [0.5, 0.6) is 0 Å². The van der Waals surface area contributed by atoms with Crippen LogP contribution < -0.4 is 15.5 Å². The van der Waals surface area contributed by atoms with Crippen molar-refractivity contribution in [3.63, 3.8) is 0 Å². The molecule has 1 saturated heterocycles. The molecule has 2 heterocycles. The number of hydrogen-bond donors (Lipinski definition) is 1. The van der Waals surface area contributed by atoms with Crippen LogP contribution in [0.2, 0.25) is 5.02 Å². The highest BCUT2D eigenvalue weighted by atomic mass is 127. The minimum Gasteiger partial charge on any atom is -0.370 e. The Balaban J connectivity index is 0.00000261. The predicted octanol–water partition coefficient (Wildman–Crippen LogP) is 3.06. The van der Waals surface area contributed by atoms with Crippen LogP contribution in [0, 0.1) is 0 Å². The maximum atomic E-state index is 6.21. The number of nitrogens with two attached hydrogens (primary N) is 1. The van der Waals surface area contributed by atoms with Crippen molar-refractivity contribution in [1.29, 1.82) is 0 Å². The van der Waals surface area contributed by atoms with Crippen LogP contribution in [-0.2, 0) is 6.54 Å². The Labute approximate surface area is 183 Å². The van der Waals surface area contributed by atoms with Gasteiger partial charge in [-0.3, -0.25) is 0 Å². The number of anilines is 2. The molecule has 0 radical (unpaired) electrons. The topological polar surface area (TPSA) is 61.0 Å². The smallest absolute Gasteiger partial charge is 0.191 e. The molecule has 0 saturated carbocycles. The minimum absolute atomic E-state index is 0. The normalized spacial score (nSPS) is 14.7. The lowest BCUT2D eigenvalue weighted by Crippen LogP contribution is -2.51.